The molecule has 1 amide bonds. The molecule has 0 spiro atoms. The molecule has 2 aromatic carbocycles. The predicted molar refractivity (Wildman–Crippen MR) is 113 cm³/mol. The molecule has 0 saturated carbocycles. The van der Waals surface area contributed by atoms with Gasteiger partial charge in [-0.1, -0.05) is 54.1 Å². The summed E-state index contributed by atoms with van der Waals surface area (Å²) in [5.74, 6) is 0.123. The van der Waals surface area contributed by atoms with Crippen LogP contribution in [0.25, 0.3) is 0 Å². The van der Waals surface area contributed by atoms with Crippen LogP contribution in [0, 0.1) is 0 Å². The maximum atomic E-state index is 12.2. The van der Waals surface area contributed by atoms with Gasteiger partial charge in [-0.05, 0) is 43.5 Å². The monoisotopic (exact) mass is 398 g/mol. The maximum Gasteiger partial charge on any atom is 0.220 e. The van der Waals surface area contributed by atoms with Gasteiger partial charge in [-0.15, -0.1) is 0 Å². The van der Waals surface area contributed by atoms with Gasteiger partial charge in [0.2, 0.25) is 5.91 Å². The molecule has 5 heteroatoms. The van der Waals surface area contributed by atoms with Gasteiger partial charge in [-0.3, -0.25) is 14.5 Å². The van der Waals surface area contributed by atoms with Crippen molar-refractivity contribution in [2.45, 2.75) is 44.7 Å². The SMILES string of the molecule is O=C(CCCC(=O)c1ccccc1)NCC1CCCN1Cc1ccc(Cl)cc1. The molecule has 4 nitrogen and oxygen atoms in total. The van der Waals surface area contributed by atoms with Crippen LogP contribution in [0.15, 0.2) is 54.6 Å². The summed E-state index contributed by atoms with van der Waals surface area (Å²) in [6, 6.07) is 17.6. The van der Waals surface area contributed by atoms with Gasteiger partial charge in [0.05, 0.1) is 0 Å². The number of nitrogens with zero attached hydrogens (tertiary/aromatic N) is 1. The number of carbonyl (C=O) groups excluding carboxylic acids is 2. The first kappa shape index (κ1) is 20.6. The molecule has 1 saturated heterocycles. The fraction of sp³-hybridized carbons (Fsp3) is 0.391. The van der Waals surface area contributed by atoms with Crippen LogP contribution in [0.1, 0.15) is 48.0 Å². The molecule has 1 N–H and O–H groups in total. The van der Waals surface area contributed by atoms with Crippen LogP contribution in [-0.2, 0) is 11.3 Å². The summed E-state index contributed by atoms with van der Waals surface area (Å²) in [4.78, 5) is 26.7. The fourth-order valence-corrected chi connectivity index (χ4v) is 3.78. The lowest BCUT2D eigenvalue weighted by Crippen LogP contribution is -2.39. The van der Waals surface area contributed by atoms with E-state index in [4.69, 9.17) is 11.6 Å². The Kier molecular flexibility index (Phi) is 7.63. The minimum Gasteiger partial charge on any atom is -0.355 e. The van der Waals surface area contributed by atoms with Gasteiger partial charge in [0.25, 0.3) is 0 Å². The Labute approximate surface area is 171 Å². The van der Waals surface area contributed by atoms with E-state index in [1.165, 1.54) is 5.56 Å². The molecule has 1 atom stereocenters. The number of carbonyl (C=O) groups is 2. The molecule has 1 unspecified atom stereocenters. The van der Waals surface area contributed by atoms with E-state index in [1.54, 1.807) is 0 Å². The molecule has 1 aliphatic heterocycles. The molecule has 1 fully saturated rings. The molecule has 1 heterocycles. The average Bonchev–Trinajstić information content (AvgIpc) is 3.15. The van der Waals surface area contributed by atoms with Crippen LogP contribution < -0.4 is 5.32 Å². The van der Waals surface area contributed by atoms with E-state index >= 15 is 0 Å². The average molecular weight is 399 g/mol. The fourth-order valence-electron chi connectivity index (χ4n) is 3.66. The van der Waals surface area contributed by atoms with Crippen molar-refractivity contribution in [1.29, 1.82) is 0 Å². The molecule has 0 bridgehead atoms. The Hall–Kier alpha value is -2.17. The molecular formula is C23H27ClN2O2. The standard InChI is InChI=1S/C23H27ClN2O2/c24-20-13-11-18(12-14-20)17-26-15-5-8-21(26)16-25-23(28)10-4-9-22(27)19-6-2-1-3-7-19/h1-3,6-7,11-14,21H,4-5,8-10,15-17H2,(H,25,28). The molecule has 0 aromatic heterocycles. The highest BCUT2D eigenvalue weighted by molar-refractivity contribution is 6.30. The van der Waals surface area contributed by atoms with Crippen molar-refractivity contribution in [3.63, 3.8) is 0 Å². The minimum absolute atomic E-state index is 0.0270. The highest BCUT2D eigenvalue weighted by atomic mass is 35.5. The Morgan fingerprint density at radius 3 is 2.54 bits per heavy atom. The van der Waals surface area contributed by atoms with Gasteiger partial charge in [0.15, 0.2) is 5.78 Å². The predicted octanol–water partition coefficient (Wildman–Crippen LogP) is 4.47. The molecular weight excluding hydrogens is 372 g/mol. The molecule has 148 valence electrons. The van der Waals surface area contributed by atoms with E-state index in [-0.39, 0.29) is 11.7 Å². The van der Waals surface area contributed by atoms with Crippen molar-refractivity contribution in [1.82, 2.24) is 10.2 Å². The second-order valence-corrected chi connectivity index (χ2v) is 7.78. The van der Waals surface area contributed by atoms with Crippen molar-refractivity contribution in [2.24, 2.45) is 0 Å². The lowest BCUT2D eigenvalue weighted by molar-refractivity contribution is -0.121. The largest absolute Gasteiger partial charge is 0.355 e. The van der Waals surface area contributed by atoms with E-state index in [2.05, 4.69) is 22.3 Å². The number of benzene rings is 2. The Bertz CT molecular complexity index is 777. The highest BCUT2D eigenvalue weighted by Crippen LogP contribution is 2.20. The number of nitrogens with one attached hydrogen (secondary N) is 1. The van der Waals surface area contributed by atoms with Crippen LogP contribution >= 0.6 is 11.6 Å². The minimum atomic E-state index is 0.0270. The number of ketones is 1. The summed E-state index contributed by atoms with van der Waals surface area (Å²) >= 11 is 5.96. The molecule has 2 aromatic rings. The van der Waals surface area contributed by atoms with E-state index in [0.717, 1.165) is 31.0 Å². The number of hydrogen-bond acceptors (Lipinski definition) is 3. The lowest BCUT2D eigenvalue weighted by Gasteiger charge is -2.24. The van der Waals surface area contributed by atoms with Gasteiger partial charge in [0.1, 0.15) is 0 Å². The molecule has 28 heavy (non-hydrogen) atoms. The number of rotatable bonds is 9. The lowest BCUT2D eigenvalue weighted by atomic mass is 10.1. The molecule has 0 aliphatic carbocycles. The number of amides is 1. The van der Waals surface area contributed by atoms with Crippen molar-refractivity contribution in [3.8, 4) is 0 Å². The zero-order valence-electron chi connectivity index (χ0n) is 16.1. The van der Waals surface area contributed by atoms with Crippen molar-refractivity contribution in [3.05, 3.63) is 70.7 Å². The third kappa shape index (κ3) is 6.18. The summed E-state index contributed by atoms with van der Waals surface area (Å²) in [6.07, 6.45) is 3.63. The number of Topliss-reactive ketones (excluding diaryl/α,β-unsaturated/α-hetero) is 1. The summed E-state index contributed by atoms with van der Waals surface area (Å²) in [5.41, 5.74) is 1.95. The third-order valence-corrected chi connectivity index (χ3v) is 5.49. The van der Waals surface area contributed by atoms with Gasteiger partial charge < -0.3 is 5.32 Å². The van der Waals surface area contributed by atoms with Crippen LogP contribution in [0.2, 0.25) is 5.02 Å². The first-order valence-corrected chi connectivity index (χ1v) is 10.3. The van der Waals surface area contributed by atoms with E-state index in [9.17, 15) is 9.59 Å². The molecule has 0 radical (unpaired) electrons. The van der Waals surface area contributed by atoms with Crippen LogP contribution in [0.4, 0.5) is 0 Å². The molecule has 3 rings (SSSR count). The number of halogens is 1. The molecule has 1 aliphatic rings. The van der Waals surface area contributed by atoms with E-state index in [0.29, 0.717) is 37.4 Å². The first-order valence-electron chi connectivity index (χ1n) is 9.95. The first-order chi connectivity index (χ1) is 13.6. The van der Waals surface area contributed by atoms with Gasteiger partial charge >= 0.3 is 0 Å². The van der Waals surface area contributed by atoms with Gasteiger partial charge in [0, 0.05) is 42.6 Å². The normalized spacial score (nSPS) is 16.8. The Balaban J connectivity index is 1.37. The van der Waals surface area contributed by atoms with Crippen molar-refractivity contribution < 1.29 is 9.59 Å². The smallest absolute Gasteiger partial charge is 0.220 e. The Morgan fingerprint density at radius 2 is 1.79 bits per heavy atom. The zero-order chi connectivity index (χ0) is 19.8. The zero-order valence-corrected chi connectivity index (χ0v) is 16.8. The number of likely N-dealkylation sites (tertiary alicyclic amines) is 1. The summed E-state index contributed by atoms with van der Waals surface area (Å²) < 4.78 is 0. The third-order valence-electron chi connectivity index (χ3n) is 5.24. The van der Waals surface area contributed by atoms with Gasteiger partial charge in [-0.25, -0.2) is 0 Å². The van der Waals surface area contributed by atoms with Gasteiger partial charge in [-0.2, -0.15) is 0 Å². The Morgan fingerprint density at radius 1 is 1.04 bits per heavy atom. The quantitative estimate of drug-likeness (QED) is 0.634. The van der Waals surface area contributed by atoms with Crippen LogP contribution in [0.3, 0.4) is 0 Å². The van der Waals surface area contributed by atoms with E-state index < -0.39 is 0 Å². The number of hydrogen-bond donors (Lipinski definition) is 1. The second-order valence-electron chi connectivity index (χ2n) is 7.34. The summed E-state index contributed by atoms with van der Waals surface area (Å²) in [7, 11) is 0. The topological polar surface area (TPSA) is 49.4 Å². The highest BCUT2D eigenvalue weighted by Gasteiger charge is 2.24. The summed E-state index contributed by atoms with van der Waals surface area (Å²) in [5, 5.41) is 3.80. The van der Waals surface area contributed by atoms with Crippen LogP contribution in [-0.4, -0.2) is 35.7 Å². The maximum absolute atomic E-state index is 12.2. The van der Waals surface area contributed by atoms with Crippen molar-refractivity contribution in [2.75, 3.05) is 13.1 Å². The van der Waals surface area contributed by atoms with Crippen LogP contribution in [0.5, 0.6) is 0 Å². The van der Waals surface area contributed by atoms with E-state index in [1.807, 2.05) is 42.5 Å². The van der Waals surface area contributed by atoms with Crippen molar-refractivity contribution >= 4 is 23.3 Å². The second kappa shape index (κ2) is 10.4. The summed E-state index contributed by atoms with van der Waals surface area (Å²) in [6.45, 7) is 2.59.